The van der Waals surface area contributed by atoms with Crippen molar-refractivity contribution in [3.8, 4) is 0 Å². The van der Waals surface area contributed by atoms with Crippen molar-refractivity contribution >= 4 is 11.8 Å². The van der Waals surface area contributed by atoms with Gasteiger partial charge in [0.15, 0.2) is 0 Å². The highest BCUT2D eigenvalue weighted by Crippen LogP contribution is 2.37. The van der Waals surface area contributed by atoms with Gasteiger partial charge in [-0.3, -0.25) is 14.5 Å². The van der Waals surface area contributed by atoms with Gasteiger partial charge in [-0.05, 0) is 32.3 Å². The van der Waals surface area contributed by atoms with Crippen molar-refractivity contribution in [3.05, 3.63) is 35.9 Å². The molecule has 2 aliphatic heterocycles. The molecule has 2 amide bonds. The van der Waals surface area contributed by atoms with E-state index in [-0.39, 0.29) is 23.9 Å². The minimum Gasteiger partial charge on any atom is -0.381 e. The molecule has 2 saturated heterocycles. The van der Waals surface area contributed by atoms with Crippen molar-refractivity contribution in [2.75, 3.05) is 39.9 Å². The molecule has 0 aliphatic carbocycles. The minimum atomic E-state index is -0.549. The Balaban J connectivity index is 1.87. The summed E-state index contributed by atoms with van der Waals surface area (Å²) in [6.45, 7) is 7.17. The van der Waals surface area contributed by atoms with E-state index in [1.807, 2.05) is 35.2 Å². The molecule has 3 rings (SSSR count). The Labute approximate surface area is 161 Å². The molecule has 0 saturated carbocycles. The number of ether oxygens (including phenoxy) is 1. The molecule has 2 aliphatic rings. The number of likely N-dealkylation sites (N-methyl/N-ethyl adjacent to an activating group) is 1. The molecule has 1 aromatic carbocycles. The summed E-state index contributed by atoms with van der Waals surface area (Å²) in [7, 11) is 1.66. The fourth-order valence-electron chi connectivity index (χ4n) is 4.41. The molecule has 1 unspecified atom stereocenters. The van der Waals surface area contributed by atoms with E-state index in [4.69, 9.17) is 4.74 Å². The van der Waals surface area contributed by atoms with Crippen LogP contribution < -0.4 is 5.32 Å². The third kappa shape index (κ3) is 3.87. The smallest absolute Gasteiger partial charge is 0.238 e. The number of nitrogens with zero attached hydrogens (tertiary/aromatic N) is 2. The second kappa shape index (κ2) is 8.40. The van der Waals surface area contributed by atoms with Crippen LogP contribution in [0.3, 0.4) is 0 Å². The SMILES string of the molecule is CNC(=O)C1CN(C(=O)C2(c3ccccc3)CCOCC2)CCN1C(C)C. The third-order valence-electron chi connectivity index (χ3n) is 6.00. The maximum Gasteiger partial charge on any atom is 0.238 e. The van der Waals surface area contributed by atoms with Gasteiger partial charge >= 0.3 is 0 Å². The first-order valence-corrected chi connectivity index (χ1v) is 9.89. The first kappa shape index (κ1) is 19.8. The molecular formula is C21H31N3O3. The number of rotatable bonds is 4. The third-order valence-corrected chi connectivity index (χ3v) is 6.00. The summed E-state index contributed by atoms with van der Waals surface area (Å²) in [5.74, 6) is 0.108. The first-order chi connectivity index (χ1) is 13.0. The van der Waals surface area contributed by atoms with Gasteiger partial charge in [-0.1, -0.05) is 30.3 Å². The van der Waals surface area contributed by atoms with Crippen molar-refractivity contribution < 1.29 is 14.3 Å². The van der Waals surface area contributed by atoms with Gasteiger partial charge in [-0.2, -0.15) is 0 Å². The quantitative estimate of drug-likeness (QED) is 0.867. The van der Waals surface area contributed by atoms with Gasteiger partial charge in [0, 0.05) is 45.9 Å². The number of hydrogen-bond acceptors (Lipinski definition) is 4. The maximum absolute atomic E-state index is 13.7. The molecule has 148 valence electrons. The fourth-order valence-corrected chi connectivity index (χ4v) is 4.41. The molecule has 6 heteroatoms. The molecule has 6 nitrogen and oxygen atoms in total. The van der Waals surface area contributed by atoms with E-state index < -0.39 is 5.41 Å². The van der Waals surface area contributed by atoms with Crippen LogP contribution in [0.5, 0.6) is 0 Å². The lowest BCUT2D eigenvalue weighted by Gasteiger charge is -2.46. The van der Waals surface area contributed by atoms with Gasteiger partial charge in [-0.15, -0.1) is 0 Å². The zero-order chi connectivity index (χ0) is 19.4. The molecule has 0 bridgehead atoms. The molecule has 2 fully saturated rings. The van der Waals surface area contributed by atoms with Crippen LogP contribution in [0.2, 0.25) is 0 Å². The summed E-state index contributed by atoms with van der Waals surface area (Å²) >= 11 is 0. The topological polar surface area (TPSA) is 61.9 Å². The minimum absolute atomic E-state index is 0.0260. The Morgan fingerprint density at radius 3 is 2.41 bits per heavy atom. The van der Waals surface area contributed by atoms with E-state index in [0.29, 0.717) is 45.7 Å². The zero-order valence-electron chi connectivity index (χ0n) is 16.6. The predicted octanol–water partition coefficient (Wildman–Crippen LogP) is 1.40. The van der Waals surface area contributed by atoms with Crippen LogP contribution in [-0.2, 0) is 19.7 Å². The van der Waals surface area contributed by atoms with Crippen LogP contribution in [0.15, 0.2) is 30.3 Å². The lowest BCUT2D eigenvalue weighted by molar-refractivity contribution is -0.147. The average Bonchev–Trinajstić information content (AvgIpc) is 2.73. The standard InChI is InChI=1S/C21H31N3O3/c1-16(2)24-12-11-23(15-18(24)19(25)22-3)20(26)21(9-13-27-14-10-21)17-7-5-4-6-8-17/h4-8,16,18H,9-15H2,1-3H3,(H,22,25). The number of hydrogen-bond donors (Lipinski definition) is 1. The number of nitrogens with one attached hydrogen (secondary N) is 1. The number of amides is 2. The van der Waals surface area contributed by atoms with Crippen LogP contribution in [0.1, 0.15) is 32.3 Å². The second-order valence-corrected chi connectivity index (χ2v) is 7.77. The van der Waals surface area contributed by atoms with E-state index in [9.17, 15) is 9.59 Å². The Morgan fingerprint density at radius 1 is 1.15 bits per heavy atom. The van der Waals surface area contributed by atoms with E-state index in [1.165, 1.54) is 0 Å². The van der Waals surface area contributed by atoms with Crippen molar-refractivity contribution in [1.29, 1.82) is 0 Å². The molecule has 1 aromatic rings. The predicted molar refractivity (Wildman–Crippen MR) is 104 cm³/mol. The van der Waals surface area contributed by atoms with Crippen molar-refractivity contribution in [1.82, 2.24) is 15.1 Å². The summed E-state index contributed by atoms with van der Waals surface area (Å²) in [6, 6.07) is 10.0. The first-order valence-electron chi connectivity index (χ1n) is 9.89. The summed E-state index contributed by atoms with van der Waals surface area (Å²) in [5, 5.41) is 2.76. The molecule has 0 aromatic heterocycles. The monoisotopic (exact) mass is 373 g/mol. The van der Waals surface area contributed by atoms with Gasteiger partial charge in [-0.25, -0.2) is 0 Å². The van der Waals surface area contributed by atoms with E-state index in [1.54, 1.807) is 7.05 Å². The molecular weight excluding hydrogens is 342 g/mol. The zero-order valence-corrected chi connectivity index (χ0v) is 16.6. The Kier molecular flexibility index (Phi) is 6.17. The van der Waals surface area contributed by atoms with Gasteiger partial charge < -0.3 is 15.0 Å². The van der Waals surface area contributed by atoms with Crippen LogP contribution in [0.25, 0.3) is 0 Å². The summed E-state index contributed by atoms with van der Waals surface area (Å²) in [4.78, 5) is 30.3. The van der Waals surface area contributed by atoms with Crippen LogP contribution in [0.4, 0.5) is 0 Å². The van der Waals surface area contributed by atoms with Crippen molar-refractivity contribution in [2.24, 2.45) is 0 Å². The van der Waals surface area contributed by atoms with Crippen molar-refractivity contribution in [2.45, 2.75) is 44.2 Å². The Hall–Kier alpha value is -1.92. The highest BCUT2D eigenvalue weighted by Gasteiger charge is 2.46. The van der Waals surface area contributed by atoms with Gasteiger partial charge in [0.1, 0.15) is 6.04 Å². The summed E-state index contributed by atoms with van der Waals surface area (Å²) < 4.78 is 5.57. The molecule has 2 heterocycles. The van der Waals surface area contributed by atoms with Gasteiger partial charge in [0.05, 0.1) is 5.41 Å². The highest BCUT2D eigenvalue weighted by molar-refractivity contribution is 5.90. The van der Waals surface area contributed by atoms with Crippen LogP contribution in [-0.4, -0.2) is 73.6 Å². The van der Waals surface area contributed by atoms with Gasteiger partial charge in [0.25, 0.3) is 0 Å². The number of carbonyl (C=O) groups is 2. The normalized spacial score (nSPS) is 23.3. The largest absolute Gasteiger partial charge is 0.381 e. The Bertz CT molecular complexity index is 656. The van der Waals surface area contributed by atoms with Crippen LogP contribution >= 0.6 is 0 Å². The lowest BCUT2D eigenvalue weighted by Crippen LogP contribution is -2.63. The molecule has 1 atom stereocenters. The number of piperazine rings is 1. The lowest BCUT2D eigenvalue weighted by atomic mass is 9.72. The summed E-state index contributed by atoms with van der Waals surface area (Å²) in [6.07, 6.45) is 1.37. The van der Waals surface area contributed by atoms with E-state index in [2.05, 4.69) is 24.1 Å². The van der Waals surface area contributed by atoms with Crippen LogP contribution in [0, 0.1) is 0 Å². The maximum atomic E-state index is 13.7. The molecule has 1 N–H and O–H groups in total. The Morgan fingerprint density at radius 2 is 1.81 bits per heavy atom. The molecule has 0 spiro atoms. The molecule has 0 radical (unpaired) electrons. The second-order valence-electron chi connectivity index (χ2n) is 7.77. The highest BCUT2D eigenvalue weighted by atomic mass is 16.5. The number of carbonyl (C=O) groups excluding carboxylic acids is 2. The number of benzene rings is 1. The average molecular weight is 373 g/mol. The summed E-state index contributed by atoms with van der Waals surface area (Å²) in [5.41, 5.74) is 0.508. The van der Waals surface area contributed by atoms with Gasteiger partial charge in [0.2, 0.25) is 11.8 Å². The van der Waals surface area contributed by atoms with E-state index in [0.717, 1.165) is 5.56 Å². The molecule has 27 heavy (non-hydrogen) atoms. The van der Waals surface area contributed by atoms with E-state index >= 15 is 0 Å². The van der Waals surface area contributed by atoms with Crippen molar-refractivity contribution in [3.63, 3.8) is 0 Å². The fraction of sp³-hybridized carbons (Fsp3) is 0.619.